The Balaban J connectivity index is 1.90. The Kier molecular flexibility index (Phi) is 4.00. The van der Waals surface area contributed by atoms with Crippen molar-refractivity contribution in [2.75, 3.05) is 6.61 Å². The van der Waals surface area contributed by atoms with Gasteiger partial charge >= 0.3 is 0 Å². The van der Waals surface area contributed by atoms with Crippen molar-refractivity contribution in [3.63, 3.8) is 0 Å². The lowest BCUT2D eigenvalue weighted by Gasteiger charge is -2.09. The Hall–Kier alpha value is -0.960. The maximum absolute atomic E-state index is 11.6. The van der Waals surface area contributed by atoms with Gasteiger partial charge in [-0.25, -0.2) is 13.6 Å². The fourth-order valence-electron chi connectivity index (χ4n) is 1.68. The van der Waals surface area contributed by atoms with E-state index in [1.807, 2.05) is 0 Å². The largest absolute Gasteiger partial charge is 0.368 e. The van der Waals surface area contributed by atoms with Gasteiger partial charge in [0.15, 0.2) is 0 Å². The SMILES string of the molecule is NS(=O)(=O)c1ccc(CNC(=O)C2CCCO2)s1. The molecule has 1 unspecified atom stereocenters. The molecule has 1 amide bonds. The number of nitrogens with one attached hydrogen (secondary N) is 1. The van der Waals surface area contributed by atoms with Gasteiger partial charge in [0, 0.05) is 11.5 Å². The van der Waals surface area contributed by atoms with Gasteiger partial charge in [0.2, 0.25) is 15.9 Å². The minimum absolute atomic E-state index is 0.101. The molecule has 0 spiro atoms. The van der Waals surface area contributed by atoms with Crippen molar-refractivity contribution in [1.82, 2.24) is 5.32 Å². The van der Waals surface area contributed by atoms with Crippen LogP contribution in [0.3, 0.4) is 0 Å². The molecule has 0 radical (unpaired) electrons. The number of thiophene rings is 1. The number of primary sulfonamides is 1. The second kappa shape index (κ2) is 5.35. The molecular formula is C10H14N2O4S2. The van der Waals surface area contributed by atoms with Crippen LogP contribution in [-0.2, 0) is 26.1 Å². The molecule has 3 N–H and O–H groups in total. The molecule has 2 rings (SSSR count). The molecule has 1 aromatic rings. The fraction of sp³-hybridized carbons (Fsp3) is 0.500. The van der Waals surface area contributed by atoms with Gasteiger partial charge in [0.25, 0.3) is 0 Å². The first-order valence-corrected chi connectivity index (χ1v) is 7.84. The Bertz CT molecular complexity index is 532. The highest BCUT2D eigenvalue weighted by Gasteiger charge is 2.23. The molecule has 1 aliphatic rings. The first-order chi connectivity index (χ1) is 8.47. The normalized spacial score (nSPS) is 19.9. The Morgan fingerprint density at radius 2 is 2.33 bits per heavy atom. The molecule has 6 nitrogen and oxygen atoms in total. The average Bonchev–Trinajstić information content (AvgIpc) is 2.96. The minimum Gasteiger partial charge on any atom is -0.368 e. The van der Waals surface area contributed by atoms with Gasteiger partial charge in [-0.15, -0.1) is 11.3 Å². The van der Waals surface area contributed by atoms with E-state index in [2.05, 4.69) is 5.32 Å². The van der Waals surface area contributed by atoms with Gasteiger partial charge in [-0.2, -0.15) is 0 Å². The van der Waals surface area contributed by atoms with Gasteiger partial charge in [0.1, 0.15) is 10.3 Å². The number of hydrogen-bond donors (Lipinski definition) is 2. The summed E-state index contributed by atoms with van der Waals surface area (Å²) in [5.41, 5.74) is 0. The number of rotatable bonds is 4. The molecule has 1 fully saturated rings. The van der Waals surface area contributed by atoms with Gasteiger partial charge in [0.05, 0.1) is 6.54 Å². The highest BCUT2D eigenvalue weighted by molar-refractivity contribution is 7.91. The molecule has 8 heteroatoms. The summed E-state index contributed by atoms with van der Waals surface area (Å²) in [6, 6.07) is 3.08. The average molecular weight is 290 g/mol. The van der Waals surface area contributed by atoms with E-state index in [4.69, 9.17) is 9.88 Å². The zero-order valence-electron chi connectivity index (χ0n) is 9.59. The molecule has 0 bridgehead atoms. The third kappa shape index (κ3) is 3.29. The molecular weight excluding hydrogens is 276 g/mol. The standard InChI is InChI=1S/C10H14N2O4S2/c11-18(14,15)9-4-3-7(17-9)6-12-10(13)8-2-1-5-16-8/h3-4,8H,1-2,5-6H2,(H,12,13)(H2,11,14,15). The lowest BCUT2D eigenvalue weighted by Crippen LogP contribution is -2.33. The van der Waals surface area contributed by atoms with E-state index in [-0.39, 0.29) is 16.2 Å². The van der Waals surface area contributed by atoms with Crippen LogP contribution in [0.4, 0.5) is 0 Å². The number of ether oxygens (including phenoxy) is 1. The Morgan fingerprint density at radius 1 is 1.56 bits per heavy atom. The second-order valence-electron chi connectivity index (χ2n) is 3.99. The summed E-state index contributed by atoms with van der Waals surface area (Å²) >= 11 is 1.06. The van der Waals surface area contributed by atoms with Crippen LogP contribution < -0.4 is 10.5 Å². The Labute approximate surface area is 109 Å². The van der Waals surface area contributed by atoms with E-state index in [0.29, 0.717) is 13.2 Å². The predicted octanol–water partition coefficient (Wildman–Crippen LogP) is 0.191. The molecule has 0 aliphatic carbocycles. The molecule has 0 saturated carbocycles. The summed E-state index contributed by atoms with van der Waals surface area (Å²) in [7, 11) is -3.66. The van der Waals surface area contributed by atoms with E-state index in [1.165, 1.54) is 6.07 Å². The van der Waals surface area contributed by atoms with Crippen molar-refractivity contribution in [2.24, 2.45) is 5.14 Å². The van der Waals surface area contributed by atoms with Crippen LogP contribution in [0, 0.1) is 0 Å². The van der Waals surface area contributed by atoms with E-state index in [9.17, 15) is 13.2 Å². The van der Waals surface area contributed by atoms with Crippen LogP contribution >= 0.6 is 11.3 Å². The summed E-state index contributed by atoms with van der Waals surface area (Å²) in [6.45, 7) is 0.908. The van der Waals surface area contributed by atoms with Crippen LogP contribution in [0.2, 0.25) is 0 Å². The first kappa shape index (κ1) is 13.5. The first-order valence-electron chi connectivity index (χ1n) is 5.47. The topological polar surface area (TPSA) is 98.5 Å². The van der Waals surface area contributed by atoms with Crippen molar-refractivity contribution in [2.45, 2.75) is 29.7 Å². The third-order valence-electron chi connectivity index (χ3n) is 2.58. The number of carbonyl (C=O) groups is 1. The summed E-state index contributed by atoms with van der Waals surface area (Å²) in [5, 5.41) is 7.72. The van der Waals surface area contributed by atoms with E-state index in [0.717, 1.165) is 29.1 Å². The fourth-order valence-corrected chi connectivity index (χ4v) is 3.40. The molecule has 100 valence electrons. The number of nitrogens with two attached hydrogens (primary N) is 1. The lowest BCUT2D eigenvalue weighted by molar-refractivity contribution is -0.130. The highest BCUT2D eigenvalue weighted by atomic mass is 32.2. The van der Waals surface area contributed by atoms with Crippen LogP contribution in [-0.4, -0.2) is 27.0 Å². The molecule has 18 heavy (non-hydrogen) atoms. The van der Waals surface area contributed by atoms with Crippen molar-refractivity contribution in [1.29, 1.82) is 0 Å². The maximum Gasteiger partial charge on any atom is 0.249 e. The van der Waals surface area contributed by atoms with Gasteiger partial charge < -0.3 is 10.1 Å². The Morgan fingerprint density at radius 3 is 2.89 bits per heavy atom. The molecule has 1 aromatic heterocycles. The third-order valence-corrected chi connectivity index (χ3v) is 5.10. The predicted molar refractivity (Wildman–Crippen MR) is 66.5 cm³/mol. The van der Waals surface area contributed by atoms with E-state index < -0.39 is 10.0 Å². The van der Waals surface area contributed by atoms with E-state index in [1.54, 1.807) is 6.07 Å². The molecule has 0 aromatic carbocycles. The summed E-state index contributed by atoms with van der Waals surface area (Å²) in [6.07, 6.45) is 1.26. The summed E-state index contributed by atoms with van der Waals surface area (Å²) in [4.78, 5) is 12.4. The monoisotopic (exact) mass is 290 g/mol. The summed E-state index contributed by atoms with van der Waals surface area (Å²) < 4.78 is 27.5. The van der Waals surface area contributed by atoms with Gasteiger partial charge in [-0.1, -0.05) is 0 Å². The quantitative estimate of drug-likeness (QED) is 0.827. The molecule has 2 heterocycles. The van der Waals surface area contributed by atoms with Crippen LogP contribution in [0.25, 0.3) is 0 Å². The number of amides is 1. The zero-order chi connectivity index (χ0) is 13.2. The zero-order valence-corrected chi connectivity index (χ0v) is 11.2. The van der Waals surface area contributed by atoms with Crippen molar-refractivity contribution >= 4 is 27.3 Å². The van der Waals surface area contributed by atoms with Crippen molar-refractivity contribution < 1.29 is 17.9 Å². The smallest absolute Gasteiger partial charge is 0.249 e. The summed E-state index contributed by atoms with van der Waals surface area (Å²) in [5.74, 6) is -0.155. The van der Waals surface area contributed by atoms with Crippen molar-refractivity contribution in [3.8, 4) is 0 Å². The van der Waals surface area contributed by atoms with Crippen molar-refractivity contribution in [3.05, 3.63) is 17.0 Å². The number of hydrogen-bond acceptors (Lipinski definition) is 5. The van der Waals surface area contributed by atoms with Gasteiger partial charge in [-0.3, -0.25) is 4.79 Å². The van der Waals surface area contributed by atoms with Crippen LogP contribution in [0.15, 0.2) is 16.3 Å². The maximum atomic E-state index is 11.6. The number of carbonyl (C=O) groups excluding carboxylic acids is 1. The number of sulfonamides is 1. The molecule has 1 saturated heterocycles. The lowest BCUT2D eigenvalue weighted by atomic mass is 10.2. The molecule has 1 atom stereocenters. The molecule has 1 aliphatic heterocycles. The minimum atomic E-state index is -3.66. The highest BCUT2D eigenvalue weighted by Crippen LogP contribution is 2.20. The van der Waals surface area contributed by atoms with Crippen LogP contribution in [0.1, 0.15) is 17.7 Å². The second-order valence-corrected chi connectivity index (χ2v) is 6.94. The van der Waals surface area contributed by atoms with Crippen LogP contribution in [0.5, 0.6) is 0 Å². The van der Waals surface area contributed by atoms with E-state index >= 15 is 0 Å². The van der Waals surface area contributed by atoms with Gasteiger partial charge in [-0.05, 0) is 25.0 Å².